The SMILES string of the molecule is Cc1ccc(C)c(-c2n(-c3c(C)cccc3C)c3ccccc3[n+]2C)c1. The summed E-state index contributed by atoms with van der Waals surface area (Å²) in [6.07, 6.45) is 0. The zero-order chi connectivity index (χ0) is 18.4. The van der Waals surface area contributed by atoms with E-state index >= 15 is 0 Å². The van der Waals surface area contributed by atoms with Crippen molar-refractivity contribution in [3.05, 3.63) is 82.9 Å². The third-order valence-electron chi connectivity index (χ3n) is 5.31. The number of nitrogens with zero attached hydrogens (tertiary/aromatic N) is 2. The monoisotopic (exact) mass is 341 g/mol. The maximum absolute atomic E-state index is 2.43. The third kappa shape index (κ3) is 2.45. The lowest BCUT2D eigenvalue weighted by molar-refractivity contribution is -0.633. The van der Waals surface area contributed by atoms with Crippen LogP contribution in [0, 0.1) is 27.7 Å². The summed E-state index contributed by atoms with van der Waals surface area (Å²) in [5, 5.41) is 0. The van der Waals surface area contributed by atoms with Crippen LogP contribution in [0.15, 0.2) is 60.7 Å². The Morgan fingerprint density at radius 1 is 0.731 bits per heavy atom. The molecular formula is C24H25N2+. The summed E-state index contributed by atoms with van der Waals surface area (Å²) in [5.74, 6) is 1.23. The number of fused-ring (bicyclic) bond motifs is 1. The standard InChI is InChI=1S/C24H25N2/c1-16-13-14-17(2)20(15-16)24-25(5)21-11-6-7-12-22(21)26(24)23-18(3)9-8-10-19(23)4/h6-15H,1-5H3/q+1. The predicted molar refractivity (Wildman–Crippen MR) is 109 cm³/mol. The van der Waals surface area contributed by atoms with Crippen LogP contribution in [-0.2, 0) is 7.05 Å². The molecule has 0 amide bonds. The van der Waals surface area contributed by atoms with Gasteiger partial charge in [-0.15, -0.1) is 0 Å². The molecule has 3 aromatic carbocycles. The van der Waals surface area contributed by atoms with Crippen LogP contribution >= 0.6 is 0 Å². The zero-order valence-electron chi connectivity index (χ0n) is 16.2. The summed E-state index contributed by atoms with van der Waals surface area (Å²) >= 11 is 0. The Hall–Kier alpha value is -2.87. The Morgan fingerprint density at radius 3 is 2.15 bits per heavy atom. The van der Waals surface area contributed by atoms with Gasteiger partial charge in [0.1, 0.15) is 5.69 Å². The molecule has 0 spiro atoms. The Kier molecular flexibility index (Phi) is 3.91. The van der Waals surface area contributed by atoms with E-state index in [-0.39, 0.29) is 0 Å². The van der Waals surface area contributed by atoms with Crippen LogP contribution in [0.4, 0.5) is 0 Å². The fourth-order valence-electron chi connectivity index (χ4n) is 3.98. The van der Waals surface area contributed by atoms with Gasteiger partial charge in [0.25, 0.3) is 5.82 Å². The van der Waals surface area contributed by atoms with E-state index in [1.807, 2.05) is 0 Å². The molecule has 4 rings (SSSR count). The van der Waals surface area contributed by atoms with Gasteiger partial charge in [0.2, 0.25) is 0 Å². The van der Waals surface area contributed by atoms with Gasteiger partial charge in [-0.25, -0.2) is 4.57 Å². The first-order valence-electron chi connectivity index (χ1n) is 9.12. The average Bonchev–Trinajstić information content (AvgIpc) is 2.90. The summed E-state index contributed by atoms with van der Waals surface area (Å²) in [6, 6.07) is 21.9. The highest BCUT2D eigenvalue weighted by atomic mass is 15.2. The number of rotatable bonds is 2. The van der Waals surface area contributed by atoms with Crippen LogP contribution in [-0.4, -0.2) is 4.57 Å². The first-order chi connectivity index (χ1) is 12.5. The van der Waals surface area contributed by atoms with Crippen LogP contribution in [0.25, 0.3) is 28.1 Å². The molecule has 0 atom stereocenters. The second-order valence-electron chi connectivity index (χ2n) is 7.27. The molecule has 0 fully saturated rings. The molecule has 4 aromatic rings. The van der Waals surface area contributed by atoms with Crippen LogP contribution in [0.3, 0.4) is 0 Å². The molecule has 2 heteroatoms. The number of aromatic nitrogens is 2. The lowest BCUT2D eigenvalue weighted by atomic mass is 10.0. The van der Waals surface area contributed by atoms with Crippen molar-refractivity contribution in [3.63, 3.8) is 0 Å². The molecule has 1 aromatic heterocycles. The summed E-state index contributed by atoms with van der Waals surface area (Å²) in [7, 11) is 2.17. The van der Waals surface area contributed by atoms with E-state index in [0.717, 1.165) is 0 Å². The number of hydrogen-bond acceptors (Lipinski definition) is 0. The van der Waals surface area contributed by atoms with Gasteiger partial charge in [0.05, 0.1) is 12.6 Å². The van der Waals surface area contributed by atoms with E-state index in [0.29, 0.717) is 0 Å². The quantitative estimate of drug-likeness (QED) is 0.434. The fraction of sp³-hybridized carbons (Fsp3) is 0.208. The Balaban J connectivity index is 2.21. The van der Waals surface area contributed by atoms with Gasteiger partial charge in [-0.3, -0.25) is 0 Å². The van der Waals surface area contributed by atoms with Crippen molar-refractivity contribution < 1.29 is 4.57 Å². The van der Waals surface area contributed by atoms with E-state index < -0.39 is 0 Å². The van der Waals surface area contributed by atoms with Crippen LogP contribution < -0.4 is 4.57 Å². The summed E-state index contributed by atoms with van der Waals surface area (Å²) in [5.41, 5.74) is 10.2. The van der Waals surface area contributed by atoms with E-state index in [1.54, 1.807) is 0 Å². The van der Waals surface area contributed by atoms with Crippen molar-refractivity contribution in [2.24, 2.45) is 7.05 Å². The highest BCUT2D eigenvalue weighted by Gasteiger charge is 2.28. The minimum Gasteiger partial charge on any atom is -0.225 e. The van der Waals surface area contributed by atoms with Crippen LogP contribution in [0.5, 0.6) is 0 Å². The molecule has 0 unspecified atom stereocenters. The smallest absolute Gasteiger partial charge is 0.225 e. The number of hydrogen-bond donors (Lipinski definition) is 0. The predicted octanol–water partition coefficient (Wildman–Crippen LogP) is 5.36. The molecule has 0 N–H and O–H groups in total. The van der Waals surface area contributed by atoms with Crippen molar-refractivity contribution in [3.8, 4) is 17.1 Å². The van der Waals surface area contributed by atoms with E-state index in [1.165, 1.54) is 50.4 Å². The van der Waals surface area contributed by atoms with E-state index in [9.17, 15) is 0 Å². The topological polar surface area (TPSA) is 8.81 Å². The van der Waals surface area contributed by atoms with Gasteiger partial charge < -0.3 is 0 Å². The molecule has 26 heavy (non-hydrogen) atoms. The number of para-hydroxylation sites is 3. The molecule has 0 saturated heterocycles. The summed E-state index contributed by atoms with van der Waals surface area (Å²) in [4.78, 5) is 0. The molecule has 0 bridgehead atoms. The van der Waals surface area contributed by atoms with E-state index in [2.05, 4.69) is 105 Å². The highest BCUT2D eigenvalue weighted by Crippen LogP contribution is 2.32. The first kappa shape index (κ1) is 16.6. The Morgan fingerprint density at radius 2 is 1.42 bits per heavy atom. The number of imidazole rings is 1. The largest absolute Gasteiger partial charge is 0.295 e. The van der Waals surface area contributed by atoms with E-state index in [4.69, 9.17) is 0 Å². The van der Waals surface area contributed by atoms with Gasteiger partial charge >= 0.3 is 0 Å². The van der Waals surface area contributed by atoms with Crippen molar-refractivity contribution in [1.82, 2.24) is 4.57 Å². The van der Waals surface area contributed by atoms with Crippen LogP contribution in [0.1, 0.15) is 22.3 Å². The maximum atomic E-state index is 2.43. The zero-order valence-corrected chi connectivity index (χ0v) is 16.2. The second-order valence-corrected chi connectivity index (χ2v) is 7.27. The minimum absolute atomic E-state index is 1.23. The molecule has 0 aliphatic carbocycles. The molecule has 0 aliphatic rings. The molecule has 130 valence electrons. The number of aryl methyl sites for hydroxylation is 5. The highest BCUT2D eigenvalue weighted by molar-refractivity contribution is 5.80. The van der Waals surface area contributed by atoms with Crippen molar-refractivity contribution in [2.45, 2.75) is 27.7 Å². The van der Waals surface area contributed by atoms with Gasteiger partial charge in [-0.1, -0.05) is 48.0 Å². The van der Waals surface area contributed by atoms with Gasteiger partial charge in [0.15, 0.2) is 11.0 Å². The van der Waals surface area contributed by atoms with Gasteiger partial charge in [-0.2, -0.15) is 4.57 Å². The average molecular weight is 341 g/mol. The van der Waals surface area contributed by atoms with Crippen molar-refractivity contribution >= 4 is 11.0 Å². The third-order valence-corrected chi connectivity index (χ3v) is 5.31. The molecule has 0 aliphatic heterocycles. The number of benzene rings is 3. The van der Waals surface area contributed by atoms with Crippen molar-refractivity contribution in [2.75, 3.05) is 0 Å². The molecule has 0 radical (unpaired) electrons. The molecule has 2 nitrogen and oxygen atoms in total. The molecule has 1 heterocycles. The lowest BCUT2D eigenvalue weighted by Crippen LogP contribution is -2.30. The van der Waals surface area contributed by atoms with Crippen molar-refractivity contribution in [1.29, 1.82) is 0 Å². The maximum Gasteiger partial charge on any atom is 0.295 e. The minimum atomic E-state index is 1.23. The van der Waals surface area contributed by atoms with Gasteiger partial charge in [0, 0.05) is 0 Å². The molecule has 0 saturated carbocycles. The fourth-order valence-corrected chi connectivity index (χ4v) is 3.98. The Labute approximate surface area is 155 Å². The van der Waals surface area contributed by atoms with Crippen LogP contribution in [0.2, 0.25) is 0 Å². The normalized spacial score (nSPS) is 11.3. The second kappa shape index (κ2) is 6.14. The first-order valence-corrected chi connectivity index (χ1v) is 9.12. The lowest BCUT2D eigenvalue weighted by Gasteiger charge is -2.11. The van der Waals surface area contributed by atoms with Gasteiger partial charge in [-0.05, 0) is 62.6 Å². The summed E-state index contributed by atoms with van der Waals surface area (Å²) < 4.78 is 4.75. The Bertz CT molecular complexity index is 1110. The summed E-state index contributed by atoms with van der Waals surface area (Å²) in [6.45, 7) is 8.75. The molecular weight excluding hydrogens is 316 g/mol.